The van der Waals surface area contributed by atoms with Crippen LogP contribution in [0.25, 0.3) is 0 Å². The van der Waals surface area contributed by atoms with Gasteiger partial charge < -0.3 is 4.74 Å². The number of hydrogen-bond donors (Lipinski definition) is 0. The first-order valence-electron chi connectivity index (χ1n) is 5.14. The SMILES string of the molecule is Cn1ccc(COc2cc(F)cc(CCl)c2)n1. The highest BCUT2D eigenvalue weighted by molar-refractivity contribution is 6.17. The van der Waals surface area contributed by atoms with Gasteiger partial charge in [-0.25, -0.2) is 4.39 Å². The van der Waals surface area contributed by atoms with Crippen molar-refractivity contribution in [3.05, 3.63) is 47.5 Å². The quantitative estimate of drug-likeness (QED) is 0.785. The van der Waals surface area contributed by atoms with Crippen molar-refractivity contribution < 1.29 is 9.13 Å². The van der Waals surface area contributed by atoms with Crippen molar-refractivity contribution in [1.82, 2.24) is 9.78 Å². The Morgan fingerprint density at radius 1 is 1.41 bits per heavy atom. The molecule has 0 aliphatic heterocycles. The Hall–Kier alpha value is -1.55. The lowest BCUT2D eigenvalue weighted by Crippen LogP contribution is -1.98. The number of ether oxygens (including phenoxy) is 1. The van der Waals surface area contributed by atoms with Crippen LogP contribution in [0.2, 0.25) is 0 Å². The molecule has 0 amide bonds. The summed E-state index contributed by atoms with van der Waals surface area (Å²) in [6.45, 7) is 0.312. The minimum atomic E-state index is -0.348. The van der Waals surface area contributed by atoms with E-state index in [2.05, 4.69) is 5.10 Å². The fourth-order valence-electron chi connectivity index (χ4n) is 1.48. The van der Waals surface area contributed by atoms with Crippen molar-refractivity contribution in [2.75, 3.05) is 0 Å². The van der Waals surface area contributed by atoms with E-state index in [1.807, 2.05) is 19.3 Å². The Labute approximate surface area is 104 Å². The Balaban J connectivity index is 2.05. The lowest BCUT2D eigenvalue weighted by Gasteiger charge is -2.06. The first-order chi connectivity index (χ1) is 8.17. The number of alkyl halides is 1. The van der Waals surface area contributed by atoms with E-state index in [4.69, 9.17) is 16.3 Å². The molecule has 90 valence electrons. The average Bonchev–Trinajstić information content (AvgIpc) is 2.72. The van der Waals surface area contributed by atoms with Crippen LogP contribution in [0.3, 0.4) is 0 Å². The maximum absolute atomic E-state index is 13.2. The minimum absolute atomic E-state index is 0.262. The Bertz CT molecular complexity index is 513. The first kappa shape index (κ1) is 11.9. The maximum atomic E-state index is 13.2. The van der Waals surface area contributed by atoms with E-state index in [0.29, 0.717) is 17.9 Å². The molecule has 0 atom stereocenters. The van der Waals surface area contributed by atoms with E-state index in [9.17, 15) is 4.39 Å². The second-order valence-corrected chi connectivity index (χ2v) is 3.97. The van der Waals surface area contributed by atoms with Gasteiger partial charge in [0.15, 0.2) is 0 Å². The van der Waals surface area contributed by atoms with Crippen molar-refractivity contribution >= 4 is 11.6 Å². The molecule has 0 radical (unpaired) electrons. The summed E-state index contributed by atoms with van der Waals surface area (Å²) >= 11 is 5.65. The van der Waals surface area contributed by atoms with Gasteiger partial charge in [-0.05, 0) is 23.8 Å². The third-order valence-electron chi connectivity index (χ3n) is 2.24. The number of benzene rings is 1. The van der Waals surface area contributed by atoms with Gasteiger partial charge in [0.2, 0.25) is 0 Å². The summed E-state index contributed by atoms with van der Waals surface area (Å²) in [4.78, 5) is 0. The molecule has 0 spiro atoms. The molecule has 0 N–H and O–H groups in total. The molecular weight excluding hydrogens is 243 g/mol. The van der Waals surface area contributed by atoms with Crippen LogP contribution in [0.1, 0.15) is 11.3 Å². The molecule has 1 aromatic carbocycles. The molecule has 17 heavy (non-hydrogen) atoms. The third kappa shape index (κ3) is 3.20. The van der Waals surface area contributed by atoms with Crippen molar-refractivity contribution in [2.45, 2.75) is 12.5 Å². The Kier molecular flexibility index (Phi) is 3.64. The molecule has 0 bridgehead atoms. The van der Waals surface area contributed by atoms with Gasteiger partial charge in [0.05, 0.1) is 5.69 Å². The molecule has 2 rings (SSSR count). The van der Waals surface area contributed by atoms with Crippen LogP contribution in [0, 0.1) is 5.82 Å². The largest absolute Gasteiger partial charge is 0.487 e. The Morgan fingerprint density at radius 2 is 2.24 bits per heavy atom. The summed E-state index contributed by atoms with van der Waals surface area (Å²) in [5, 5.41) is 4.16. The standard InChI is InChI=1S/C12H12ClFN2O/c1-16-3-2-11(15-16)8-17-12-5-9(7-13)4-10(14)6-12/h2-6H,7-8H2,1H3. The molecule has 0 saturated carbocycles. The molecule has 2 aromatic rings. The fourth-order valence-corrected chi connectivity index (χ4v) is 1.63. The zero-order valence-electron chi connectivity index (χ0n) is 9.36. The summed E-state index contributed by atoms with van der Waals surface area (Å²) in [5.74, 6) is 0.378. The average molecular weight is 255 g/mol. The number of halogens is 2. The van der Waals surface area contributed by atoms with Crippen molar-refractivity contribution in [1.29, 1.82) is 0 Å². The van der Waals surface area contributed by atoms with E-state index >= 15 is 0 Å². The van der Waals surface area contributed by atoms with Crippen LogP contribution < -0.4 is 4.74 Å². The molecule has 0 aliphatic rings. The zero-order valence-corrected chi connectivity index (χ0v) is 10.1. The van der Waals surface area contributed by atoms with Crippen LogP contribution in [-0.4, -0.2) is 9.78 Å². The molecule has 5 heteroatoms. The summed E-state index contributed by atoms with van der Waals surface area (Å²) in [7, 11) is 1.83. The molecular formula is C12H12ClFN2O. The number of hydrogen-bond acceptors (Lipinski definition) is 2. The minimum Gasteiger partial charge on any atom is -0.487 e. The zero-order chi connectivity index (χ0) is 12.3. The third-order valence-corrected chi connectivity index (χ3v) is 2.55. The smallest absolute Gasteiger partial charge is 0.132 e. The van der Waals surface area contributed by atoms with E-state index < -0.39 is 0 Å². The Morgan fingerprint density at radius 3 is 2.88 bits per heavy atom. The van der Waals surface area contributed by atoms with E-state index in [0.717, 1.165) is 5.69 Å². The van der Waals surface area contributed by atoms with Gasteiger partial charge in [0.25, 0.3) is 0 Å². The lowest BCUT2D eigenvalue weighted by atomic mass is 10.2. The number of rotatable bonds is 4. The van der Waals surface area contributed by atoms with Crippen LogP contribution in [0.4, 0.5) is 4.39 Å². The summed E-state index contributed by atoms with van der Waals surface area (Å²) in [5.41, 5.74) is 1.49. The molecule has 0 fully saturated rings. The van der Waals surface area contributed by atoms with Gasteiger partial charge >= 0.3 is 0 Å². The topological polar surface area (TPSA) is 27.1 Å². The van der Waals surface area contributed by atoms with Crippen LogP contribution in [-0.2, 0) is 19.5 Å². The molecule has 3 nitrogen and oxygen atoms in total. The number of nitrogens with zero attached hydrogens (tertiary/aromatic N) is 2. The normalized spacial score (nSPS) is 10.5. The van der Waals surface area contributed by atoms with Crippen LogP contribution >= 0.6 is 11.6 Å². The molecule has 0 aliphatic carbocycles. The first-order valence-corrected chi connectivity index (χ1v) is 5.67. The molecule has 0 unspecified atom stereocenters. The van der Waals surface area contributed by atoms with Gasteiger partial charge in [-0.15, -0.1) is 11.6 Å². The van der Waals surface area contributed by atoms with Crippen molar-refractivity contribution in [2.24, 2.45) is 7.05 Å². The molecule has 0 saturated heterocycles. The fraction of sp³-hybridized carbons (Fsp3) is 0.250. The van der Waals surface area contributed by atoms with Gasteiger partial charge in [-0.1, -0.05) is 0 Å². The highest BCUT2D eigenvalue weighted by atomic mass is 35.5. The van der Waals surface area contributed by atoms with Gasteiger partial charge in [-0.2, -0.15) is 5.10 Å². The predicted molar refractivity (Wildman–Crippen MR) is 63.5 cm³/mol. The lowest BCUT2D eigenvalue weighted by molar-refractivity contribution is 0.298. The predicted octanol–water partition coefficient (Wildman–Crippen LogP) is 2.88. The summed E-state index contributed by atoms with van der Waals surface area (Å²) < 4.78 is 20.3. The van der Waals surface area contributed by atoms with E-state index in [-0.39, 0.29) is 11.7 Å². The molecule has 1 heterocycles. The van der Waals surface area contributed by atoms with Crippen molar-refractivity contribution in [3.63, 3.8) is 0 Å². The summed E-state index contributed by atoms with van der Waals surface area (Å²) in [6, 6.07) is 6.29. The number of aryl methyl sites for hydroxylation is 1. The van der Waals surface area contributed by atoms with Crippen molar-refractivity contribution in [3.8, 4) is 5.75 Å². The van der Waals surface area contributed by atoms with Gasteiger partial charge in [-0.3, -0.25) is 4.68 Å². The van der Waals surface area contributed by atoms with Gasteiger partial charge in [0.1, 0.15) is 18.2 Å². The maximum Gasteiger partial charge on any atom is 0.132 e. The highest BCUT2D eigenvalue weighted by Crippen LogP contribution is 2.18. The van der Waals surface area contributed by atoms with Gasteiger partial charge in [0, 0.05) is 25.2 Å². The van der Waals surface area contributed by atoms with E-state index in [1.54, 1.807) is 10.7 Å². The second kappa shape index (κ2) is 5.19. The molecule has 1 aromatic heterocycles. The van der Waals surface area contributed by atoms with Crippen LogP contribution in [0.15, 0.2) is 30.5 Å². The number of aromatic nitrogens is 2. The summed E-state index contributed by atoms with van der Waals surface area (Å²) in [6.07, 6.45) is 1.83. The highest BCUT2D eigenvalue weighted by Gasteiger charge is 2.03. The van der Waals surface area contributed by atoms with Crippen LogP contribution in [0.5, 0.6) is 5.75 Å². The second-order valence-electron chi connectivity index (χ2n) is 3.70. The van der Waals surface area contributed by atoms with E-state index in [1.165, 1.54) is 12.1 Å². The monoisotopic (exact) mass is 254 g/mol.